The smallest absolute Gasteiger partial charge is 0.319 e. The summed E-state index contributed by atoms with van der Waals surface area (Å²) in [5.74, 6) is -0.947. The van der Waals surface area contributed by atoms with E-state index >= 15 is 0 Å². The number of rotatable bonds is 4. The van der Waals surface area contributed by atoms with Crippen molar-refractivity contribution in [2.24, 2.45) is 0 Å². The average Bonchev–Trinajstić information content (AvgIpc) is 2.60. The molecule has 9 heteroatoms. The van der Waals surface area contributed by atoms with E-state index in [1.54, 1.807) is 12.3 Å². The average molecular weight is 349 g/mol. The number of carbonyl (C=O) groups excluding carboxylic acids is 1. The van der Waals surface area contributed by atoms with Gasteiger partial charge in [-0.25, -0.2) is 23.5 Å². The lowest BCUT2D eigenvalue weighted by Gasteiger charge is -2.26. The van der Waals surface area contributed by atoms with Gasteiger partial charge in [-0.1, -0.05) is 0 Å². The van der Waals surface area contributed by atoms with E-state index in [2.05, 4.69) is 20.6 Å². The van der Waals surface area contributed by atoms with Crippen molar-refractivity contribution in [3.8, 4) is 0 Å². The standard InChI is InChI=1S/C16H17F2N5O2/c17-11-7-12(18)9-14(8-11)22-16(24)20-10-13-1-2-19-15(21-13)23-3-5-25-6-4-23/h1-2,7-9H,3-6,10H2,(H2,20,22,24). The van der Waals surface area contributed by atoms with Gasteiger partial charge in [0.25, 0.3) is 0 Å². The number of hydrogen-bond donors (Lipinski definition) is 2. The van der Waals surface area contributed by atoms with Crippen molar-refractivity contribution in [3.63, 3.8) is 0 Å². The van der Waals surface area contributed by atoms with Crippen LogP contribution in [0, 0.1) is 11.6 Å². The van der Waals surface area contributed by atoms with E-state index in [4.69, 9.17) is 4.74 Å². The number of anilines is 2. The lowest BCUT2D eigenvalue weighted by Crippen LogP contribution is -2.37. The second kappa shape index (κ2) is 7.84. The summed E-state index contributed by atoms with van der Waals surface area (Å²) in [6.07, 6.45) is 1.62. The Morgan fingerprint density at radius 2 is 1.92 bits per heavy atom. The molecule has 0 saturated carbocycles. The Kier molecular flexibility index (Phi) is 5.34. The number of nitrogens with zero attached hydrogens (tertiary/aromatic N) is 3. The second-order valence-corrected chi connectivity index (χ2v) is 5.41. The number of halogens is 2. The number of ether oxygens (including phenoxy) is 1. The molecule has 2 amide bonds. The zero-order valence-corrected chi connectivity index (χ0v) is 13.3. The maximum absolute atomic E-state index is 13.1. The number of urea groups is 1. The molecule has 1 aliphatic rings. The first-order valence-electron chi connectivity index (χ1n) is 7.76. The third-order valence-electron chi connectivity index (χ3n) is 3.54. The van der Waals surface area contributed by atoms with Crippen molar-refractivity contribution in [1.82, 2.24) is 15.3 Å². The van der Waals surface area contributed by atoms with Gasteiger partial charge in [-0.3, -0.25) is 0 Å². The maximum Gasteiger partial charge on any atom is 0.319 e. The zero-order chi connectivity index (χ0) is 17.6. The predicted octanol–water partition coefficient (Wildman–Crippen LogP) is 1.91. The molecule has 0 spiro atoms. The molecule has 0 unspecified atom stereocenters. The van der Waals surface area contributed by atoms with Crippen LogP contribution in [0.4, 0.5) is 25.2 Å². The SMILES string of the molecule is O=C(NCc1ccnc(N2CCOCC2)n1)Nc1cc(F)cc(F)c1. The van der Waals surface area contributed by atoms with Crippen molar-refractivity contribution < 1.29 is 18.3 Å². The molecule has 1 saturated heterocycles. The molecule has 0 bridgehead atoms. The van der Waals surface area contributed by atoms with Crippen molar-refractivity contribution in [2.45, 2.75) is 6.54 Å². The minimum absolute atomic E-state index is 0.0340. The van der Waals surface area contributed by atoms with Crippen LogP contribution in [0.25, 0.3) is 0 Å². The van der Waals surface area contributed by atoms with Gasteiger partial charge in [-0.2, -0.15) is 0 Å². The molecule has 0 atom stereocenters. The highest BCUT2D eigenvalue weighted by Crippen LogP contribution is 2.13. The third-order valence-corrected chi connectivity index (χ3v) is 3.54. The normalized spacial score (nSPS) is 14.2. The Bertz CT molecular complexity index is 733. The van der Waals surface area contributed by atoms with Gasteiger partial charge < -0.3 is 20.3 Å². The van der Waals surface area contributed by atoms with Crippen molar-refractivity contribution in [3.05, 3.63) is 47.8 Å². The van der Waals surface area contributed by atoms with Crippen LogP contribution in [-0.4, -0.2) is 42.3 Å². The van der Waals surface area contributed by atoms with Gasteiger partial charge in [0, 0.05) is 31.0 Å². The van der Waals surface area contributed by atoms with E-state index in [-0.39, 0.29) is 12.2 Å². The minimum Gasteiger partial charge on any atom is -0.378 e. The quantitative estimate of drug-likeness (QED) is 0.882. The van der Waals surface area contributed by atoms with Crippen LogP contribution in [0.3, 0.4) is 0 Å². The molecule has 3 rings (SSSR count). The number of morpholine rings is 1. The molecule has 7 nitrogen and oxygen atoms in total. The summed E-state index contributed by atoms with van der Waals surface area (Å²) >= 11 is 0. The number of amides is 2. The molecule has 25 heavy (non-hydrogen) atoms. The minimum atomic E-state index is -0.763. The largest absolute Gasteiger partial charge is 0.378 e. The van der Waals surface area contributed by atoms with Crippen molar-refractivity contribution in [1.29, 1.82) is 0 Å². The van der Waals surface area contributed by atoms with Crippen LogP contribution in [0.1, 0.15) is 5.69 Å². The fourth-order valence-corrected chi connectivity index (χ4v) is 2.37. The second-order valence-electron chi connectivity index (χ2n) is 5.41. The lowest BCUT2D eigenvalue weighted by molar-refractivity contribution is 0.122. The first-order chi connectivity index (χ1) is 12.1. The van der Waals surface area contributed by atoms with Gasteiger partial charge in [0.2, 0.25) is 5.95 Å². The highest BCUT2D eigenvalue weighted by molar-refractivity contribution is 5.89. The van der Waals surface area contributed by atoms with Gasteiger partial charge >= 0.3 is 6.03 Å². The highest BCUT2D eigenvalue weighted by atomic mass is 19.1. The maximum atomic E-state index is 13.1. The number of carbonyl (C=O) groups is 1. The summed E-state index contributed by atoms with van der Waals surface area (Å²) in [4.78, 5) is 22.5. The summed E-state index contributed by atoms with van der Waals surface area (Å²) in [6, 6.07) is 3.90. The monoisotopic (exact) mass is 349 g/mol. The number of benzene rings is 1. The summed E-state index contributed by atoms with van der Waals surface area (Å²) in [7, 11) is 0. The van der Waals surface area contributed by atoms with Gasteiger partial charge in [-0.05, 0) is 18.2 Å². The Morgan fingerprint density at radius 1 is 1.20 bits per heavy atom. The van der Waals surface area contributed by atoms with Gasteiger partial charge in [0.05, 0.1) is 25.5 Å². The highest BCUT2D eigenvalue weighted by Gasteiger charge is 2.14. The predicted molar refractivity (Wildman–Crippen MR) is 87.3 cm³/mol. The lowest BCUT2D eigenvalue weighted by atomic mass is 10.3. The summed E-state index contributed by atoms with van der Waals surface area (Å²) in [5.41, 5.74) is 0.656. The van der Waals surface area contributed by atoms with E-state index < -0.39 is 17.7 Å². The molecule has 2 N–H and O–H groups in total. The van der Waals surface area contributed by atoms with Crippen LogP contribution < -0.4 is 15.5 Å². The summed E-state index contributed by atoms with van der Waals surface area (Å²) in [5, 5.41) is 4.96. The third kappa shape index (κ3) is 4.83. The van der Waals surface area contributed by atoms with Crippen LogP contribution >= 0.6 is 0 Å². The Morgan fingerprint density at radius 3 is 2.64 bits per heavy atom. The van der Waals surface area contributed by atoms with Crippen LogP contribution in [-0.2, 0) is 11.3 Å². The first kappa shape index (κ1) is 17.0. The summed E-state index contributed by atoms with van der Waals surface area (Å²) < 4.78 is 31.5. The molecule has 0 radical (unpaired) electrons. The first-order valence-corrected chi connectivity index (χ1v) is 7.76. The van der Waals surface area contributed by atoms with Crippen LogP contribution in [0.2, 0.25) is 0 Å². The van der Waals surface area contributed by atoms with Crippen molar-refractivity contribution >= 4 is 17.7 Å². The number of nitrogens with one attached hydrogen (secondary N) is 2. The van der Waals surface area contributed by atoms with Gasteiger partial charge in [-0.15, -0.1) is 0 Å². The molecular weight excluding hydrogens is 332 g/mol. The van der Waals surface area contributed by atoms with Gasteiger partial charge in [0.1, 0.15) is 11.6 Å². The molecule has 0 aliphatic carbocycles. The van der Waals surface area contributed by atoms with Crippen LogP contribution in [0.15, 0.2) is 30.5 Å². The molecule has 1 aliphatic heterocycles. The molecule has 1 aromatic carbocycles. The molecule has 2 aromatic rings. The van der Waals surface area contributed by atoms with E-state index in [0.29, 0.717) is 37.9 Å². The molecule has 1 aromatic heterocycles. The van der Waals surface area contributed by atoms with E-state index in [9.17, 15) is 13.6 Å². The number of hydrogen-bond acceptors (Lipinski definition) is 5. The molecule has 132 valence electrons. The fraction of sp³-hybridized carbons (Fsp3) is 0.312. The Balaban J connectivity index is 1.56. The fourth-order valence-electron chi connectivity index (χ4n) is 2.37. The van der Waals surface area contributed by atoms with E-state index in [1.165, 1.54) is 0 Å². The molecule has 1 fully saturated rings. The zero-order valence-electron chi connectivity index (χ0n) is 13.3. The summed E-state index contributed by atoms with van der Waals surface area (Å²) in [6.45, 7) is 2.82. The van der Waals surface area contributed by atoms with Gasteiger partial charge in [0.15, 0.2) is 0 Å². The molecular formula is C16H17F2N5O2. The topological polar surface area (TPSA) is 79.4 Å². The number of aromatic nitrogens is 2. The van der Waals surface area contributed by atoms with Crippen LogP contribution in [0.5, 0.6) is 0 Å². The van der Waals surface area contributed by atoms with E-state index in [0.717, 1.165) is 18.2 Å². The molecule has 2 heterocycles. The Hall–Kier alpha value is -2.81. The Labute approximate surface area is 143 Å². The van der Waals surface area contributed by atoms with E-state index in [1.807, 2.05) is 4.90 Å². The van der Waals surface area contributed by atoms with Crippen molar-refractivity contribution in [2.75, 3.05) is 36.5 Å².